The summed E-state index contributed by atoms with van der Waals surface area (Å²) in [4.78, 5) is 15.5. The lowest BCUT2D eigenvalue weighted by Gasteiger charge is -2.27. The summed E-state index contributed by atoms with van der Waals surface area (Å²) in [6, 6.07) is 14.5. The predicted octanol–water partition coefficient (Wildman–Crippen LogP) is 3.57. The van der Waals surface area contributed by atoms with Gasteiger partial charge < -0.3 is 10.6 Å². The molecule has 7 nitrogen and oxygen atoms in total. The van der Waals surface area contributed by atoms with Gasteiger partial charge in [-0.3, -0.25) is 9.69 Å². The number of hydrogen-bond acceptors (Lipinski definition) is 5. The van der Waals surface area contributed by atoms with Crippen LogP contribution in [0.2, 0.25) is 0 Å². The van der Waals surface area contributed by atoms with Crippen molar-refractivity contribution in [2.45, 2.75) is 63.1 Å². The van der Waals surface area contributed by atoms with Crippen molar-refractivity contribution in [1.82, 2.24) is 14.5 Å². The zero-order valence-corrected chi connectivity index (χ0v) is 20.8. The lowest BCUT2D eigenvalue weighted by molar-refractivity contribution is -0.117. The SMILES string of the molecule is C[C@H](NCc1ccccc1CN1CCCCC1)C(=O)Nc1ccc(S(=O)(=O)N2CCCC2)cc1. The van der Waals surface area contributed by atoms with Crippen molar-refractivity contribution in [1.29, 1.82) is 0 Å². The summed E-state index contributed by atoms with van der Waals surface area (Å²) in [5.41, 5.74) is 3.10. The number of anilines is 1. The Morgan fingerprint density at radius 3 is 2.18 bits per heavy atom. The predicted molar refractivity (Wildman–Crippen MR) is 135 cm³/mol. The molecule has 0 saturated carbocycles. The van der Waals surface area contributed by atoms with Gasteiger partial charge in [-0.1, -0.05) is 30.7 Å². The lowest BCUT2D eigenvalue weighted by Crippen LogP contribution is -2.38. The van der Waals surface area contributed by atoms with E-state index in [2.05, 4.69) is 33.7 Å². The van der Waals surface area contributed by atoms with Crippen LogP contribution in [-0.2, 0) is 27.9 Å². The highest BCUT2D eigenvalue weighted by atomic mass is 32.2. The van der Waals surface area contributed by atoms with Crippen LogP contribution in [0.3, 0.4) is 0 Å². The fourth-order valence-corrected chi connectivity index (χ4v) is 6.15. The van der Waals surface area contributed by atoms with Crippen molar-refractivity contribution in [3.63, 3.8) is 0 Å². The van der Waals surface area contributed by atoms with Gasteiger partial charge in [-0.2, -0.15) is 4.31 Å². The number of rotatable bonds is 9. The van der Waals surface area contributed by atoms with Crippen molar-refractivity contribution in [3.8, 4) is 0 Å². The third kappa shape index (κ3) is 6.24. The van der Waals surface area contributed by atoms with Crippen LogP contribution in [0.25, 0.3) is 0 Å². The summed E-state index contributed by atoms with van der Waals surface area (Å²) in [7, 11) is -3.45. The van der Waals surface area contributed by atoms with Gasteiger partial charge in [-0.25, -0.2) is 8.42 Å². The third-order valence-corrected chi connectivity index (χ3v) is 8.69. The summed E-state index contributed by atoms with van der Waals surface area (Å²) in [6.07, 6.45) is 5.66. The second-order valence-electron chi connectivity index (χ2n) is 9.33. The van der Waals surface area contributed by atoms with Gasteiger partial charge in [0, 0.05) is 31.9 Å². The van der Waals surface area contributed by atoms with E-state index in [4.69, 9.17) is 0 Å². The van der Waals surface area contributed by atoms with Crippen LogP contribution in [0.4, 0.5) is 5.69 Å². The number of hydrogen-bond donors (Lipinski definition) is 2. The third-order valence-electron chi connectivity index (χ3n) is 6.78. The molecule has 2 N–H and O–H groups in total. The molecule has 0 spiro atoms. The molecule has 0 bridgehead atoms. The molecule has 2 saturated heterocycles. The van der Waals surface area contributed by atoms with Gasteiger partial charge in [0.1, 0.15) is 0 Å². The van der Waals surface area contributed by atoms with Crippen LogP contribution in [-0.4, -0.2) is 55.8 Å². The van der Waals surface area contributed by atoms with Crippen molar-refractivity contribution in [3.05, 3.63) is 59.7 Å². The number of benzene rings is 2. The van der Waals surface area contributed by atoms with Crippen molar-refractivity contribution >= 4 is 21.6 Å². The Bertz CT molecular complexity index is 1060. The monoisotopic (exact) mass is 484 g/mol. The highest BCUT2D eigenvalue weighted by molar-refractivity contribution is 7.89. The molecule has 0 unspecified atom stereocenters. The van der Waals surface area contributed by atoms with Gasteiger partial charge in [-0.05, 0) is 81.1 Å². The van der Waals surface area contributed by atoms with E-state index in [1.165, 1.54) is 34.7 Å². The molecule has 1 atom stereocenters. The second-order valence-corrected chi connectivity index (χ2v) is 11.3. The molecule has 0 aliphatic carbocycles. The number of sulfonamides is 1. The Hall–Kier alpha value is -2.26. The maximum Gasteiger partial charge on any atom is 0.243 e. The van der Waals surface area contributed by atoms with E-state index in [1.54, 1.807) is 24.3 Å². The molecule has 2 aliphatic heterocycles. The van der Waals surface area contributed by atoms with E-state index in [9.17, 15) is 13.2 Å². The maximum absolute atomic E-state index is 12.7. The maximum atomic E-state index is 12.7. The van der Waals surface area contributed by atoms with Crippen LogP contribution in [0.15, 0.2) is 53.4 Å². The minimum absolute atomic E-state index is 0.149. The van der Waals surface area contributed by atoms with E-state index in [-0.39, 0.29) is 10.8 Å². The van der Waals surface area contributed by atoms with Crippen molar-refractivity contribution in [2.24, 2.45) is 0 Å². The number of carbonyl (C=O) groups is 1. The van der Waals surface area contributed by atoms with Crippen LogP contribution < -0.4 is 10.6 Å². The largest absolute Gasteiger partial charge is 0.325 e. The number of nitrogens with one attached hydrogen (secondary N) is 2. The molecular formula is C26H36N4O3S. The molecule has 184 valence electrons. The summed E-state index contributed by atoms with van der Waals surface area (Å²) in [5.74, 6) is -0.149. The van der Waals surface area contributed by atoms with Gasteiger partial charge in [0.05, 0.1) is 10.9 Å². The quantitative estimate of drug-likeness (QED) is 0.569. The van der Waals surface area contributed by atoms with E-state index >= 15 is 0 Å². The number of piperidine rings is 1. The Morgan fingerprint density at radius 2 is 1.50 bits per heavy atom. The summed E-state index contributed by atoms with van der Waals surface area (Å²) >= 11 is 0. The van der Waals surface area contributed by atoms with Crippen LogP contribution in [0.5, 0.6) is 0 Å². The van der Waals surface area contributed by atoms with E-state index in [0.29, 0.717) is 25.3 Å². The number of nitrogens with zero attached hydrogens (tertiary/aromatic N) is 2. The van der Waals surface area contributed by atoms with Gasteiger partial charge >= 0.3 is 0 Å². The summed E-state index contributed by atoms with van der Waals surface area (Å²) < 4.78 is 26.9. The second kappa shape index (κ2) is 11.4. The summed E-state index contributed by atoms with van der Waals surface area (Å²) in [6.45, 7) is 6.86. The fraction of sp³-hybridized carbons (Fsp3) is 0.500. The molecule has 34 heavy (non-hydrogen) atoms. The minimum Gasteiger partial charge on any atom is -0.325 e. The normalized spacial score (nSPS) is 18.6. The van der Waals surface area contributed by atoms with E-state index < -0.39 is 16.1 Å². The van der Waals surface area contributed by atoms with Gasteiger partial charge in [-0.15, -0.1) is 0 Å². The van der Waals surface area contributed by atoms with E-state index in [1.807, 2.05) is 13.0 Å². The van der Waals surface area contributed by atoms with Crippen molar-refractivity contribution < 1.29 is 13.2 Å². The highest BCUT2D eigenvalue weighted by Gasteiger charge is 2.27. The number of carbonyl (C=O) groups excluding carboxylic acids is 1. The molecule has 8 heteroatoms. The van der Waals surface area contributed by atoms with Crippen LogP contribution in [0, 0.1) is 0 Å². The van der Waals surface area contributed by atoms with Gasteiger partial charge in [0.25, 0.3) is 0 Å². The first-order valence-corrected chi connectivity index (χ1v) is 13.8. The van der Waals surface area contributed by atoms with Crippen molar-refractivity contribution in [2.75, 3.05) is 31.5 Å². The molecule has 2 aliphatic rings. The molecule has 0 aromatic heterocycles. The average Bonchev–Trinajstić information content (AvgIpc) is 3.40. The zero-order chi connectivity index (χ0) is 24.0. The fourth-order valence-electron chi connectivity index (χ4n) is 4.64. The molecule has 2 heterocycles. The molecule has 2 aromatic carbocycles. The standard InChI is InChI=1S/C26H36N4O3S/c1-21(27-19-22-9-3-4-10-23(22)20-29-15-5-2-6-16-29)26(31)28-24-11-13-25(14-12-24)34(32,33)30-17-7-8-18-30/h3-4,9-14,21,27H,2,5-8,15-20H2,1H3,(H,28,31)/t21-/m0/s1. The molecule has 0 radical (unpaired) electrons. The molecule has 4 rings (SSSR count). The van der Waals surface area contributed by atoms with E-state index in [0.717, 1.165) is 32.5 Å². The Morgan fingerprint density at radius 1 is 0.882 bits per heavy atom. The van der Waals surface area contributed by atoms with Crippen LogP contribution in [0.1, 0.15) is 50.2 Å². The Kier molecular flexibility index (Phi) is 8.37. The van der Waals surface area contributed by atoms with Gasteiger partial charge in [0.2, 0.25) is 15.9 Å². The molecule has 1 amide bonds. The Balaban J connectivity index is 1.30. The first kappa shape index (κ1) is 24.9. The molecule has 2 fully saturated rings. The zero-order valence-electron chi connectivity index (χ0n) is 20.0. The first-order valence-electron chi connectivity index (χ1n) is 12.4. The smallest absolute Gasteiger partial charge is 0.243 e. The highest BCUT2D eigenvalue weighted by Crippen LogP contribution is 2.22. The topological polar surface area (TPSA) is 81.8 Å². The Labute approximate surface area is 203 Å². The summed E-state index contributed by atoms with van der Waals surface area (Å²) in [5, 5.41) is 6.22. The van der Waals surface area contributed by atoms with Gasteiger partial charge in [0.15, 0.2) is 0 Å². The lowest BCUT2D eigenvalue weighted by atomic mass is 10.0. The van der Waals surface area contributed by atoms with Crippen LogP contribution >= 0.6 is 0 Å². The first-order chi connectivity index (χ1) is 16.4. The average molecular weight is 485 g/mol. The molecule has 2 aromatic rings. The molecular weight excluding hydrogens is 448 g/mol. The number of amides is 1. The minimum atomic E-state index is -3.45. The number of likely N-dealkylation sites (tertiary alicyclic amines) is 1.